The number of aromatic nitrogens is 2. The fourth-order valence-electron chi connectivity index (χ4n) is 2.54. The molecule has 0 aliphatic heterocycles. The topological polar surface area (TPSA) is 21.1 Å². The van der Waals surface area contributed by atoms with Gasteiger partial charge in [0.2, 0.25) is 0 Å². The molecule has 0 N–H and O–H groups in total. The van der Waals surface area contributed by atoms with E-state index in [-0.39, 0.29) is 0 Å². The molecule has 104 valence electrons. The molecule has 2 aromatic rings. The van der Waals surface area contributed by atoms with Gasteiger partial charge in [0.15, 0.2) is 0 Å². The SMILES string of the molecule is CCN(CC)CCn1c(CCl)nc2cccc(C)c21. The summed E-state index contributed by atoms with van der Waals surface area (Å²) in [5, 5.41) is 0. The predicted molar refractivity (Wildman–Crippen MR) is 81.8 cm³/mol. The summed E-state index contributed by atoms with van der Waals surface area (Å²) >= 11 is 6.04. The van der Waals surface area contributed by atoms with Crippen molar-refractivity contribution in [2.24, 2.45) is 0 Å². The molecule has 4 heteroatoms. The van der Waals surface area contributed by atoms with Gasteiger partial charge in [-0.15, -0.1) is 11.6 Å². The summed E-state index contributed by atoms with van der Waals surface area (Å²) in [6, 6.07) is 6.25. The Morgan fingerprint density at radius 3 is 2.63 bits per heavy atom. The van der Waals surface area contributed by atoms with Crippen molar-refractivity contribution in [3.8, 4) is 0 Å². The van der Waals surface area contributed by atoms with Crippen molar-refractivity contribution in [3.05, 3.63) is 29.6 Å². The molecule has 0 radical (unpaired) electrons. The Morgan fingerprint density at radius 2 is 2.00 bits per heavy atom. The van der Waals surface area contributed by atoms with E-state index >= 15 is 0 Å². The lowest BCUT2D eigenvalue weighted by Gasteiger charge is -2.19. The number of para-hydroxylation sites is 1. The molecule has 0 atom stereocenters. The Labute approximate surface area is 120 Å². The van der Waals surface area contributed by atoms with Crippen molar-refractivity contribution in [2.45, 2.75) is 33.2 Å². The van der Waals surface area contributed by atoms with Gasteiger partial charge in [0.05, 0.1) is 16.9 Å². The third-order valence-corrected chi connectivity index (χ3v) is 3.94. The molecule has 2 rings (SSSR count). The number of halogens is 1. The van der Waals surface area contributed by atoms with Crippen LogP contribution in [0.4, 0.5) is 0 Å². The molecule has 0 spiro atoms. The molecular formula is C15H22ClN3. The molecule has 1 heterocycles. The highest BCUT2D eigenvalue weighted by molar-refractivity contribution is 6.16. The molecule has 0 fully saturated rings. The molecule has 1 aromatic carbocycles. The van der Waals surface area contributed by atoms with Gasteiger partial charge in [-0.1, -0.05) is 26.0 Å². The summed E-state index contributed by atoms with van der Waals surface area (Å²) in [4.78, 5) is 7.05. The zero-order valence-electron chi connectivity index (χ0n) is 12.0. The molecule has 1 aromatic heterocycles. The molecule has 0 aliphatic carbocycles. The van der Waals surface area contributed by atoms with E-state index in [4.69, 9.17) is 11.6 Å². The van der Waals surface area contributed by atoms with E-state index in [1.165, 1.54) is 11.1 Å². The van der Waals surface area contributed by atoms with Crippen molar-refractivity contribution in [1.82, 2.24) is 14.5 Å². The van der Waals surface area contributed by atoms with Gasteiger partial charge in [0.1, 0.15) is 5.82 Å². The lowest BCUT2D eigenvalue weighted by molar-refractivity contribution is 0.291. The Kier molecular flexibility index (Phi) is 4.83. The minimum absolute atomic E-state index is 0.465. The third-order valence-electron chi connectivity index (χ3n) is 3.70. The summed E-state index contributed by atoms with van der Waals surface area (Å²) in [5.74, 6) is 1.44. The molecule has 0 saturated heterocycles. The average Bonchev–Trinajstić information content (AvgIpc) is 2.79. The Hall–Kier alpha value is -1.06. The maximum Gasteiger partial charge on any atom is 0.124 e. The Morgan fingerprint density at radius 1 is 1.26 bits per heavy atom. The van der Waals surface area contributed by atoms with Crippen molar-refractivity contribution in [1.29, 1.82) is 0 Å². The van der Waals surface area contributed by atoms with Crippen LogP contribution >= 0.6 is 11.6 Å². The van der Waals surface area contributed by atoms with Crippen molar-refractivity contribution in [3.63, 3.8) is 0 Å². The molecule has 0 saturated carbocycles. The number of imidazole rings is 1. The minimum Gasteiger partial charge on any atom is -0.325 e. The largest absolute Gasteiger partial charge is 0.325 e. The van der Waals surface area contributed by atoms with Gasteiger partial charge in [0.25, 0.3) is 0 Å². The fraction of sp³-hybridized carbons (Fsp3) is 0.533. The highest BCUT2D eigenvalue weighted by atomic mass is 35.5. The lowest BCUT2D eigenvalue weighted by atomic mass is 10.2. The predicted octanol–water partition coefficient (Wildman–Crippen LogP) is 3.43. The number of nitrogens with zero attached hydrogens (tertiary/aromatic N) is 3. The minimum atomic E-state index is 0.465. The van der Waals surface area contributed by atoms with Gasteiger partial charge in [-0.3, -0.25) is 0 Å². The first-order chi connectivity index (χ1) is 9.21. The van der Waals surface area contributed by atoms with Crippen LogP contribution in [0.25, 0.3) is 11.0 Å². The Bertz CT molecular complexity index is 544. The number of hydrogen-bond acceptors (Lipinski definition) is 2. The summed E-state index contributed by atoms with van der Waals surface area (Å²) in [6.07, 6.45) is 0. The van der Waals surface area contributed by atoms with E-state index in [2.05, 4.69) is 53.4 Å². The number of benzene rings is 1. The van der Waals surface area contributed by atoms with Crippen LogP contribution in [0.5, 0.6) is 0 Å². The van der Waals surface area contributed by atoms with Gasteiger partial charge in [-0.25, -0.2) is 4.98 Å². The van der Waals surface area contributed by atoms with E-state index in [1.54, 1.807) is 0 Å². The van der Waals surface area contributed by atoms with Gasteiger partial charge < -0.3 is 9.47 Å². The molecule has 19 heavy (non-hydrogen) atoms. The summed E-state index contributed by atoms with van der Waals surface area (Å²) in [5.41, 5.74) is 3.54. The van der Waals surface area contributed by atoms with Gasteiger partial charge in [0, 0.05) is 13.1 Å². The van der Waals surface area contributed by atoms with Gasteiger partial charge in [-0.05, 0) is 31.6 Å². The van der Waals surface area contributed by atoms with E-state index < -0.39 is 0 Å². The van der Waals surface area contributed by atoms with Gasteiger partial charge >= 0.3 is 0 Å². The highest BCUT2D eigenvalue weighted by Gasteiger charge is 2.12. The zero-order chi connectivity index (χ0) is 13.8. The van der Waals surface area contributed by atoms with E-state index in [1.807, 2.05) is 0 Å². The third kappa shape index (κ3) is 2.93. The summed E-state index contributed by atoms with van der Waals surface area (Å²) < 4.78 is 2.27. The summed E-state index contributed by atoms with van der Waals surface area (Å²) in [6.45, 7) is 10.7. The van der Waals surface area contributed by atoms with Crippen LogP contribution in [0.3, 0.4) is 0 Å². The van der Waals surface area contributed by atoms with Crippen LogP contribution in [0.15, 0.2) is 18.2 Å². The van der Waals surface area contributed by atoms with E-state index in [0.717, 1.165) is 37.5 Å². The monoisotopic (exact) mass is 279 g/mol. The second-order valence-electron chi connectivity index (χ2n) is 4.78. The molecule has 0 unspecified atom stereocenters. The van der Waals surface area contributed by atoms with E-state index in [9.17, 15) is 0 Å². The molecule has 0 amide bonds. The van der Waals surface area contributed by atoms with Crippen LogP contribution in [0.2, 0.25) is 0 Å². The molecule has 3 nitrogen and oxygen atoms in total. The molecular weight excluding hydrogens is 258 g/mol. The van der Waals surface area contributed by atoms with Gasteiger partial charge in [-0.2, -0.15) is 0 Å². The number of aryl methyl sites for hydroxylation is 1. The van der Waals surface area contributed by atoms with Crippen molar-refractivity contribution in [2.75, 3.05) is 19.6 Å². The molecule has 0 aliphatic rings. The molecule has 0 bridgehead atoms. The average molecular weight is 280 g/mol. The first-order valence-corrected chi connectivity index (χ1v) is 7.47. The fourth-order valence-corrected chi connectivity index (χ4v) is 2.74. The van der Waals surface area contributed by atoms with Crippen molar-refractivity contribution < 1.29 is 0 Å². The smallest absolute Gasteiger partial charge is 0.124 e. The number of likely N-dealkylation sites (N-methyl/N-ethyl adjacent to an activating group) is 1. The highest BCUT2D eigenvalue weighted by Crippen LogP contribution is 2.21. The second-order valence-corrected chi connectivity index (χ2v) is 5.05. The van der Waals surface area contributed by atoms with E-state index in [0.29, 0.717) is 5.88 Å². The first-order valence-electron chi connectivity index (χ1n) is 6.94. The number of alkyl halides is 1. The number of hydrogen-bond donors (Lipinski definition) is 0. The number of fused-ring (bicyclic) bond motifs is 1. The van der Waals surface area contributed by atoms with Crippen molar-refractivity contribution >= 4 is 22.6 Å². The quantitative estimate of drug-likeness (QED) is 0.756. The standard InChI is InChI=1S/C15H22ClN3/c1-4-18(5-2)9-10-19-14(11-16)17-13-8-6-7-12(3)15(13)19/h6-8H,4-5,9-11H2,1-3H3. The maximum absolute atomic E-state index is 6.04. The zero-order valence-corrected chi connectivity index (χ0v) is 12.7. The normalized spacial score (nSPS) is 11.6. The Balaban J connectivity index is 2.34. The first kappa shape index (κ1) is 14.4. The summed E-state index contributed by atoms with van der Waals surface area (Å²) in [7, 11) is 0. The van der Waals surface area contributed by atoms with Crippen LogP contribution < -0.4 is 0 Å². The number of rotatable bonds is 6. The van der Waals surface area contributed by atoms with Crippen LogP contribution in [-0.4, -0.2) is 34.1 Å². The van der Waals surface area contributed by atoms with Crippen LogP contribution in [0, 0.1) is 6.92 Å². The second kappa shape index (κ2) is 6.40. The lowest BCUT2D eigenvalue weighted by Crippen LogP contribution is -2.27. The van der Waals surface area contributed by atoms with Crippen LogP contribution in [0.1, 0.15) is 25.2 Å². The maximum atomic E-state index is 6.04. The van der Waals surface area contributed by atoms with Crippen LogP contribution in [-0.2, 0) is 12.4 Å².